The van der Waals surface area contributed by atoms with Crippen LogP contribution in [0, 0.1) is 0 Å². The van der Waals surface area contributed by atoms with E-state index in [0.717, 1.165) is 4.90 Å². The van der Waals surface area contributed by atoms with Gasteiger partial charge < -0.3 is 10.1 Å². The van der Waals surface area contributed by atoms with Crippen molar-refractivity contribution in [1.29, 1.82) is 0 Å². The highest BCUT2D eigenvalue weighted by Gasteiger charge is 2.14. The number of rotatable bonds is 5. The van der Waals surface area contributed by atoms with E-state index in [1.54, 1.807) is 43.6 Å². The van der Waals surface area contributed by atoms with E-state index in [-0.39, 0.29) is 5.91 Å². The van der Waals surface area contributed by atoms with E-state index in [1.807, 2.05) is 30.3 Å². The fraction of sp³-hybridized carbons (Fsp3) is 0.0526. The molecule has 0 atom stereocenters. The zero-order valence-electron chi connectivity index (χ0n) is 13.4. The van der Waals surface area contributed by atoms with E-state index >= 15 is 0 Å². The lowest BCUT2D eigenvalue weighted by atomic mass is 10.2. The van der Waals surface area contributed by atoms with Gasteiger partial charge in [-0.15, -0.1) is 0 Å². The summed E-state index contributed by atoms with van der Waals surface area (Å²) >= 11 is 7.55. The largest absolute Gasteiger partial charge is 0.495 e. The number of hydrogen-bond acceptors (Lipinski definition) is 4. The maximum atomic E-state index is 12.7. The Balaban J connectivity index is 1.82. The highest BCUT2D eigenvalue weighted by atomic mass is 35.5. The SMILES string of the molecule is COc1ccc(NC(=O)c2cccnc2Sc2ccccc2)cc1Cl. The Bertz CT molecular complexity index is 888. The Hall–Kier alpha value is -2.50. The number of nitrogens with zero attached hydrogens (tertiary/aromatic N) is 1. The molecule has 6 heteroatoms. The van der Waals surface area contributed by atoms with Gasteiger partial charge in [-0.25, -0.2) is 4.98 Å². The van der Waals surface area contributed by atoms with Crippen molar-refractivity contribution in [2.24, 2.45) is 0 Å². The molecule has 0 bridgehead atoms. The van der Waals surface area contributed by atoms with E-state index in [4.69, 9.17) is 16.3 Å². The number of anilines is 1. The second kappa shape index (κ2) is 8.05. The molecule has 25 heavy (non-hydrogen) atoms. The standard InChI is InChI=1S/C19H15ClN2O2S/c1-24-17-10-9-13(12-16(17)20)22-18(23)15-8-5-11-21-19(15)25-14-6-3-2-4-7-14/h2-12H,1H3,(H,22,23). The Morgan fingerprint density at radius 2 is 1.92 bits per heavy atom. The first-order valence-electron chi connectivity index (χ1n) is 7.50. The molecule has 0 radical (unpaired) electrons. The van der Waals surface area contributed by atoms with Crippen molar-refractivity contribution in [2.75, 3.05) is 12.4 Å². The number of halogens is 1. The molecule has 0 unspecified atom stereocenters. The molecule has 0 saturated carbocycles. The summed E-state index contributed by atoms with van der Waals surface area (Å²) in [4.78, 5) is 18.0. The van der Waals surface area contributed by atoms with Gasteiger partial charge in [-0.2, -0.15) is 0 Å². The normalized spacial score (nSPS) is 10.3. The van der Waals surface area contributed by atoms with Crippen molar-refractivity contribution < 1.29 is 9.53 Å². The van der Waals surface area contributed by atoms with Crippen molar-refractivity contribution in [3.05, 3.63) is 77.4 Å². The van der Waals surface area contributed by atoms with Crippen molar-refractivity contribution in [2.45, 2.75) is 9.92 Å². The smallest absolute Gasteiger partial charge is 0.258 e. The zero-order valence-corrected chi connectivity index (χ0v) is 15.0. The first-order valence-corrected chi connectivity index (χ1v) is 8.69. The van der Waals surface area contributed by atoms with Crippen LogP contribution in [-0.2, 0) is 0 Å². The van der Waals surface area contributed by atoms with Crippen LogP contribution in [0.3, 0.4) is 0 Å². The van der Waals surface area contributed by atoms with E-state index in [1.165, 1.54) is 11.8 Å². The van der Waals surface area contributed by atoms with Crippen molar-refractivity contribution >= 4 is 35.0 Å². The number of benzene rings is 2. The van der Waals surface area contributed by atoms with Gasteiger partial charge in [0.2, 0.25) is 0 Å². The molecular weight excluding hydrogens is 356 g/mol. The van der Waals surface area contributed by atoms with Gasteiger partial charge in [-0.05, 0) is 42.5 Å². The maximum absolute atomic E-state index is 12.7. The summed E-state index contributed by atoms with van der Waals surface area (Å²) in [5, 5.41) is 3.92. The molecule has 0 aliphatic heterocycles. The van der Waals surface area contributed by atoms with Crippen LogP contribution in [0.1, 0.15) is 10.4 Å². The predicted molar refractivity (Wildman–Crippen MR) is 101 cm³/mol. The molecule has 0 aliphatic carbocycles. The molecule has 1 N–H and O–H groups in total. The zero-order chi connectivity index (χ0) is 17.6. The summed E-state index contributed by atoms with van der Waals surface area (Å²) in [5.74, 6) is 0.314. The van der Waals surface area contributed by atoms with Gasteiger partial charge in [0.1, 0.15) is 10.8 Å². The molecule has 0 aliphatic rings. The maximum Gasteiger partial charge on any atom is 0.258 e. The van der Waals surface area contributed by atoms with Crippen LogP contribution in [0.2, 0.25) is 5.02 Å². The van der Waals surface area contributed by atoms with Gasteiger partial charge in [0.25, 0.3) is 5.91 Å². The average molecular weight is 371 g/mol. The van der Waals surface area contributed by atoms with E-state index < -0.39 is 0 Å². The second-order valence-corrected chi connectivity index (χ2v) is 6.54. The topological polar surface area (TPSA) is 51.2 Å². The van der Waals surface area contributed by atoms with Crippen LogP contribution in [0.15, 0.2) is 76.8 Å². The fourth-order valence-corrected chi connectivity index (χ4v) is 3.35. The molecule has 0 fully saturated rings. The quantitative estimate of drug-likeness (QED) is 0.675. The molecule has 0 spiro atoms. The monoisotopic (exact) mass is 370 g/mol. The van der Waals surface area contributed by atoms with Gasteiger partial charge in [0, 0.05) is 16.8 Å². The molecule has 126 valence electrons. The molecule has 3 aromatic rings. The Morgan fingerprint density at radius 3 is 2.64 bits per heavy atom. The molecule has 1 amide bonds. The molecule has 2 aromatic carbocycles. The lowest BCUT2D eigenvalue weighted by molar-refractivity contribution is 0.102. The summed E-state index contributed by atoms with van der Waals surface area (Å²) in [6.45, 7) is 0. The number of carbonyl (C=O) groups is 1. The summed E-state index contributed by atoms with van der Waals surface area (Å²) in [7, 11) is 1.54. The third-order valence-corrected chi connectivity index (χ3v) is 4.71. The molecule has 1 heterocycles. The van der Waals surface area contributed by atoms with Gasteiger partial charge in [-0.3, -0.25) is 4.79 Å². The minimum absolute atomic E-state index is 0.243. The van der Waals surface area contributed by atoms with Gasteiger partial charge >= 0.3 is 0 Å². The molecule has 3 rings (SSSR count). The van der Waals surface area contributed by atoms with Gasteiger partial charge in [0.05, 0.1) is 17.7 Å². The number of aromatic nitrogens is 1. The summed E-state index contributed by atoms with van der Waals surface area (Å²) in [6, 6.07) is 18.4. The molecule has 0 saturated heterocycles. The Morgan fingerprint density at radius 1 is 1.12 bits per heavy atom. The van der Waals surface area contributed by atoms with Gasteiger partial charge in [0.15, 0.2) is 0 Å². The van der Waals surface area contributed by atoms with Crippen molar-refractivity contribution in [3.63, 3.8) is 0 Å². The summed E-state index contributed by atoms with van der Waals surface area (Å²) < 4.78 is 5.12. The minimum atomic E-state index is -0.243. The lowest BCUT2D eigenvalue weighted by Crippen LogP contribution is -2.13. The van der Waals surface area contributed by atoms with Gasteiger partial charge in [-0.1, -0.05) is 41.6 Å². The number of pyridine rings is 1. The molecular formula is C19H15ClN2O2S. The first-order chi connectivity index (χ1) is 12.2. The van der Waals surface area contributed by atoms with E-state index in [9.17, 15) is 4.79 Å². The number of amides is 1. The first kappa shape index (κ1) is 17.3. The summed E-state index contributed by atoms with van der Waals surface area (Å²) in [6.07, 6.45) is 1.67. The van der Waals surface area contributed by atoms with Crippen LogP contribution in [-0.4, -0.2) is 18.0 Å². The third-order valence-electron chi connectivity index (χ3n) is 3.38. The average Bonchev–Trinajstić information content (AvgIpc) is 2.63. The second-order valence-electron chi connectivity index (χ2n) is 5.07. The number of ether oxygens (including phenoxy) is 1. The van der Waals surface area contributed by atoms with Crippen LogP contribution in [0.4, 0.5) is 5.69 Å². The Kier molecular flexibility index (Phi) is 5.58. The van der Waals surface area contributed by atoms with E-state index in [2.05, 4.69) is 10.3 Å². The van der Waals surface area contributed by atoms with E-state index in [0.29, 0.717) is 27.0 Å². The number of hydrogen-bond donors (Lipinski definition) is 1. The summed E-state index contributed by atoms with van der Waals surface area (Å²) in [5.41, 5.74) is 1.10. The molecule has 1 aromatic heterocycles. The van der Waals surface area contributed by atoms with Crippen LogP contribution in [0.25, 0.3) is 0 Å². The van der Waals surface area contributed by atoms with Crippen LogP contribution < -0.4 is 10.1 Å². The predicted octanol–water partition coefficient (Wildman–Crippen LogP) is 5.15. The van der Waals surface area contributed by atoms with Crippen LogP contribution >= 0.6 is 23.4 Å². The van der Waals surface area contributed by atoms with Crippen molar-refractivity contribution in [3.8, 4) is 5.75 Å². The highest BCUT2D eigenvalue weighted by Crippen LogP contribution is 2.30. The Labute approximate surface area is 155 Å². The lowest BCUT2D eigenvalue weighted by Gasteiger charge is -2.10. The third kappa shape index (κ3) is 4.32. The minimum Gasteiger partial charge on any atom is -0.495 e. The van der Waals surface area contributed by atoms with Crippen LogP contribution in [0.5, 0.6) is 5.75 Å². The number of nitrogens with one attached hydrogen (secondary N) is 1. The van der Waals surface area contributed by atoms with Crippen molar-refractivity contribution in [1.82, 2.24) is 4.98 Å². The molecule has 4 nitrogen and oxygen atoms in total. The highest BCUT2D eigenvalue weighted by molar-refractivity contribution is 7.99. The fourth-order valence-electron chi connectivity index (χ4n) is 2.19. The number of methoxy groups -OCH3 is 1. The number of carbonyl (C=O) groups excluding carboxylic acids is 1.